The standard InChI is InChI=1S/2C17H35NO2/c2*1-3-4-5-6-7-8-9-10-11-12-13-14-15-18(2)16-17(19)20/h2*3-16H2,1-2H3,(H,19,20). The van der Waals surface area contributed by atoms with Gasteiger partial charge in [0.2, 0.25) is 0 Å². The van der Waals surface area contributed by atoms with Crippen molar-refractivity contribution in [3.63, 3.8) is 0 Å². The van der Waals surface area contributed by atoms with Crippen molar-refractivity contribution < 1.29 is 19.8 Å². The zero-order valence-corrected chi connectivity index (χ0v) is 27.4. The Morgan fingerprint density at radius 2 is 0.600 bits per heavy atom. The molecule has 40 heavy (non-hydrogen) atoms. The van der Waals surface area contributed by atoms with E-state index in [4.69, 9.17) is 10.2 Å². The molecule has 2 N–H and O–H groups in total. The highest BCUT2D eigenvalue weighted by Crippen LogP contribution is 2.13. The van der Waals surface area contributed by atoms with E-state index >= 15 is 0 Å². The molecule has 6 heteroatoms. The quantitative estimate of drug-likeness (QED) is 0.0837. The Kier molecular flexibility index (Phi) is 34.9. The highest BCUT2D eigenvalue weighted by molar-refractivity contribution is 5.69. The first-order valence-electron chi connectivity index (χ1n) is 17.1. The van der Waals surface area contributed by atoms with Crippen LogP contribution in [-0.2, 0) is 9.59 Å². The van der Waals surface area contributed by atoms with Crippen LogP contribution < -0.4 is 0 Å². The van der Waals surface area contributed by atoms with Crippen molar-refractivity contribution in [2.75, 3.05) is 40.3 Å². The fourth-order valence-corrected chi connectivity index (χ4v) is 5.07. The average molecular weight is 571 g/mol. The van der Waals surface area contributed by atoms with Gasteiger partial charge in [-0.05, 0) is 40.0 Å². The third-order valence-electron chi connectivity index (χ3n) is 7.60. The summed E-state index contributed by atoms with van der Waals surface area (Å²) in [5, 5.41) is 17.3. The van der Waals surface area contributed by atoms with Gasteiger partial charge in [-0.3, -0.25) is 19.4 Å². The van der Waals surface area contributed by atoms with Gasteiger partial charge in [-0.1, -0.05) is 155 Å². The molecule has 0 amide bonds. The number of hydrogen-bond donors (Lipinski definition) is 2. The monoisotopic (exact) mass is 571 g/mol. The molecule has 0 aromatic rings. The van der Waals surface area contributed by atoms with Gasteiger partial charge >= 0.3 is 11.9 Å². The van der Waals surface area contributed by atoms with Gasteiger partial charge in [-0.2, -0.15) is 0 Å². The molecule has 0 saturated carbocycles. The second kappa shape index (κ2) is 34.1. The molecule has 0 spiro atoms. The number of unbranched alkanes of at least 4 members (excludes halogenated alkanes) is 22. The Morgan fingerprint density at radius 1 is 0.400 bits per heavy atom. The number of likely N-dealkylation sites (N-methyl/N-ethyl adjacent to an activating group) is 2. The van der Waals surface area contributed by atoms with E-state index in [9.17, 15) is 9.59 Å². The van der Waals surface area contributed by atoms with Crippen LogP contribution in [-0.4, -0.2) is 72.2 Å². The number of carboxylic acid groups (broad SMARTS) is 2. The molecule has 6 nitrogen and oxygen atoms in total. The highest BCUT2D eigenvalue weighted by Gasteiger charge is 2.04. The van der Waals surface area contributed by atoms with E-state index in [0.29, 0.717) is 0 Å². The highest BCUT2D eigenvalue weighted by atomic mass is 16.4. The summed E-state index contributed by atoms with van der Waals surface area (Å²) in [4.78, 5) is 24.7. The van der Waals surface area contributed by atoms with Crippen LogP contribution in [0, 0.1) is 0 Å². The summed E-state index contributed by atoms with van der Waals surface area (Å²) in [7, 11) is 3.76. The van der Waals surface area contributed by atoms with Crippen LogP contribution in [0.25, 0.3) is 0 Å². The first-order chi connectivity index (χ1) is 19.3. The summed E-state index contributed by atoms with van der Waals surface area (Å²) in [5.41, 5.74) is 0. The Morgan fingerprint density at radius 3 is 0.800 bits per heavy atom. The fourth-order valence-electron chi connectivity index (χ4n) is 5.07. The van der Waals surface area contributed by atoms with Crippen LogP contribution >= 0.6 is 0 Å². The van der Waals surface area contributed by atoms with Gasteiger partial charge in [0.1, 0.15) is 0 Å². The van der Waals surface area contributed by atoms with Crippen LogP contribution in [0.3, 0.4) is 0 Å². The maximum absolute atomic E-state index is 10.5. The van der Waals surface area contributed by atoms with E-state index < -0.39 is 11.9 Å². The third kappa shape index (κ3) is 39.0. The Balaban J connectivity index is 0. The normalized spacial score (nSPS) is 11.2. The molecule has 0 heterocycles. The van der Waals surface area contributed by atoms with E-state index in [1.54, 1.807) is 0 Å². The summed E-state index contributed by atoms with van der Waals surface area (Å²) in [6.45, 7) is 6.67. The molecule has 0 aromatic heterocycles. The van der Waals surface area contributed by atoms with Crippen LogP contribution in [0.2, 0.25) is 0 Å². The molecule has 0 fully saturated rings. The maximum atomic E-state index is 10.5. The van der Waals surface area contributed by atoms with Crippen molar-refractivity contribution in [1.82, 2.24) is 9.80 Å². The van der Waals surface area contributed by atoms with Crippen molar-refractivity contribution in [3.8, 4) is 0 Å². The summed E-state index contributed by atoms with van der Waals surface area (Å²) in [6.07, 6.45) is 32.3. The largest absolute Gasteiger partial charge is 0.480 e. The van der Waals surface area contributed by atoms with Gasteiger partial charge in [0, 0.05) is 0 Å². The zero-order chi connectivity index (χ0) is 30.1. The van der Waals surface area contributed by atoms with E-state index in [0.717, 1.165) is 25.9 Å². The Labute approximate surface area is 249 Å². The molecule has 0 rings (SSSR count). The second-order valence-electron chi connectivity index (χ2n) is 12.0. The minimum Gasteiger partial charge on any atom is -0.480 e. The van der Waals surface area contributed by atoms with Crippen molar-refractivity contribution in [2.24, 2.45) is 0 Å². The SMILES string of the molecule is CCCCCCCCCCCCCCN(C)CC(=O)O.CCCCCCCCCCCCCCN(C)CC(=O)O. The lowest BCUT2D eigenvalue weighted by Crippen LogP contribution is -2.26. The van der Waals surface area contributed by atoms with Crippen LogP contribution in [0.4, 0.5) is 0 Å². The molecule has 0 aliphatic rings. The van der Waals surface area contributed by atoms with Gasteiger partial charge in [0.05, 0.1) is 13.1 Å². The minimum absolute atomic E-state index is 0.165. The van der Waals surface area contributed by atoms with Crippen LogP contribution in [0.15, 0.2) is 0 Å². The third-order valence-corrected chi connectivity index (χ3v) is 7.60. The van der Waals surface area contributed by atoms with Crippen LogP contribution in [0.5, 0.6) is 0 Å². The van der Waals surface area contributed by atoms with Gasteiger partial charge in [0.25, 0.3) is 0 Å². The summed E-state index contributed by atoms with van der Waals surface area (Å²) >= 11 is 0. The van der Waals surface area contributed by atoms with E-state index in [2.05, 4.69) is 13.8 Å². The van der Waals surface area contributed by atoms with Crippen LogP contribution in [0.1, 0.15) is 168 Å². The number of nitrogens with zero attached hydrogens (tertiary/aromatic N) is 2. The maximum Gasteiger partial charge on any atom is 0.317 e. The zero-order valence-electron chi connectivity index (χ0n) is 27.4. The van der Waals surface area contributed by atoms with Crippen molar-refractivity contribution in [1.29, 1.82) is 0 Å². The van der Waals surface area contributed by atoms with Gasteiger partial charge in [-0.15, -0.1) is 0 Å². The Hall–Kier alpha value is -1.14. The summed E-state index contributed by atoms with van der Waals surface area (Å²) < 4.78 is 0. The summed E-state index contributed by atoms with van der Waals surface area (Å²) in [5.74, 6) is -1.46. The molecule has 0 aromatic carbocycles. The van der Waals surface area contributed by atoms with Crippen molar-refractivity contribution >= 4 is 11.9 Å². The molecule has 0 bridgehead atoms. The molecule has 240 valence electrons. The van der Waals surface area contributed by atoms with E-state index in [-0.39, 0.29) is 13.1 Å². The van der Waals surface area contributed by atoms with Gasteiger partial charge in [-0.25, -0.2) is 0 Å². The lowest BCUT2D eigenvalue weighted by molar-refractivity contribution is -0.139. The number of carboxylic acids is 2. The molecular formula is C34H70N2O4. The topological polar surface area (TPSA) is 81.1 Å². The molecule has 0 radical (unpaired) electrons. The average Bonchev–Trinajstić information content (AvgIpc) is 2.89. The fraction of sp³-hybridized carbons (Fsp3) is 0.941. The lowest BCUT2D eigenvalue weighted by atomic mass is 10.1. The van der Waals surface area contributed by atoms with E-state index in [1.807, 2.05) is 23.9 Å². The van der Waals surface area contributed by atoms with Gasteiger partial charge in [0.15, 0.2) is 0 Å². The first kappa shape index (κ1) is 41.0. The summed E-state index contributed by atoms with van der Waals surface area (Å²) in [6, 6.07) is 0. The number of rotatable bonds is 30. The first-order valence-corrected chi connectivity index (χ1v) is 17.1. The van der Waals surface area contributed by atoms with Crippen molar-refractivity contribution in [3.05, 3.63) is 0 Å². The van der Waals surface area contributed by atoms with Crippen molar-refractivity contribution in [2.45, 2.75) is 168 Å². The minimum atomic E-state index is -0.730. The van der Waals surface area contributed by atoms with Gasteiger partial charge < -0.3 is 10.2 Å². The lowest BCUT2D eigenvalue weighted by Gasteiger charge is -2.13. The number of aliphatic carboxylic acids is 2. The van der Waals surface area contributed by atoms with E-state index in [1.165, 1.54) is 141 Å². The number of hydrogen-bond acceptors (Lipinski definition) is 4. The molecule has 0 saturated heterocycles. The molecule has 0 atom stereocenters. The second-order valence-corrected chi connectivity index (χ2v) is 12.0. The molecule has 0 unspecified atom stereocenters. The molecule has 0 aliphatic carbocycles. The number of carbonyl (C=O) groups is 2. The smallest absolute Gasteiger partial charge is 0.317 e. The predicted octanol–water partition coefficient (Wildman–Crippen LogP) is 9.41. The molecular weight excluding hydrogens is 500 g/mol. The predicted molar refractivity (Wildman–Crippen MR) is 172 cm³/mol. The Bertz CT molecular complexity index is 484. The molecule has 0 aliphatic heterocycles.